The molecule has 5 nitrogen and oxygen atoms in total. The average molecular weight is 481 g/mol. The molecule has 1 aliphatic rings. The van der Waals surface area contributed by atoms with Crippen molar-refractivity contribution in [2.24, 2.45) is 0 Å². The molecule has 0 aliphatic heterocycles. The van der Waals surface area contributed by atoms with E-state index in [1.54, 1.807) is 6.07 Å². The van der Waals surface area contributed by atoms with E-state index in [0.717, 1.165) is 12.8 Å². The molecule has 1 N–H and O–H groups in total. The fourth-order valence-electron chi connectivity index (χ4n) is 3.14. The van der Waals surface area contributed by atoms with Crippen molar-refractivity contribution in [2.45, 2.75) is 24.9 Å². The van der Waals surface area contributed by atoms with Crippen molar-refractivity contribution in [1.29, 1.82) is 0 Å². The Kier molecular flexibility index (Phi) is 6.60. The van der Waals surface area contributed by atoms with E-state index in [1.807, 2.05) is 18.2 Å². The molecule has 4 rings (SSSR count). The minimum absolute atomic E-state index is 0.0251. The number of alkyl halides is 1. The number of halogens is 4. The number of rotatable bonds is 7. The smallest absolute Gasteiger partial charge is 0.258 e. The van der Waals surface area contributed by atoms with E-state index >= 15 is 0 Å². The van der Waals surface area contributed by atoms with Crippen LogP contribution in [0.4, 0.5) is 4.39 Å². The largest absolute Gasteiger partial charge is 0.455 e. The van der Waals surface area contributed by atoms with Crippen molar-refractivity contribution in [1.82, 2.24) is 15.5 Å². The maximum Gasteiger partial charge on any atom is 0.258 e. The number of carbonyl (C=O) groups excluding carboxylic acids is 1. The van der Waals surface area contributed by atoms with Gasteiger partial charge in [0.15, 0.2) is 10.9 Å². The monoisotopic (exact) mass is 479 g/mol. The third-order valence-corrected chi connectivity index (χ3v) is 5.70. The predicted molar refractivity (Wildman–Crippen MR) is 118 cm³/mol. The van der Waals surface area contributed by atoms with Crippen LogP contribution in [0.25, 0.3) is 0 Å². The van der Waals surface area contributed by atoms with Crippen molar-refractivity contribution in [3.63, 3.8) is 0 Å². The number of nitrogens with zero attached hydrogens (tertiary/aromatic N) is 2. The zero-order valence-corrected chi connectivity index (χ0v) is 18.4. The van der Waals surface area contributed by atoms with E-state index in [1.165, 1.54) is 30.0 Å². The minimum Gasteiger partial charge on any atom is -0.455 e. The van der Waals surface area contributed by atoms with Crippen LogP contribution in [0.1, 0.15) is 46.4 Å². The van der Waals surface area contributed by atoms with Gasteiger partial charge >= 0.3 is 0 Å². The summed E-state index contributed by atoms with van der Waals surface area (Å²) in [6.45, 7) is -0.324. The quantitative estimate of drug-likeness (QED) is 0.416. The van der Waals surface area contributed by atoms with Crippen LogP contribution in [-0.4, -0.2) is 22.6 Å². The van der Waals surface area contributed by atoms with Gasteiger partial charge in [-0.05, 0) is 48.6 Å². The highest BCUT2D eigenvalue weighted by molar-refractivity contribution is 6.35. The molecule has 9 heteroatoms. The Labute approximate surface area is 193 Å². The number of hydrogen-bond acceptors (Lipinski definition) is 4. The fraction of sp³-hybridized carbons (Fsp3) is 0.227. The molecule has 1 atom stereocenters. The van der Waals surface area contributed by atoms with Crippen LogP contribution in [0.15, 0.2) is 48.7 Å². The van der Waals surface area contributed by atoms with Gasteiger partial charge in [-0.15, -0.1) is 5.10 Å². The summed E-state index contributed by atoms with van der Waals surface area (Å²) in [5.74, 6) is 0.594. The molecule has 1 aliphatic carbocycles. The van der Waals surface area contributed by atoms with Crippen molar-refractivity contribution in [2.75, 3.05) is 6.54 Å². The van der Waals surface area contributed by atoms with Crippen LogP contribution >= 0.6 is 34.8 Å². The lowest BCUT2D eigenvalue weighted by atomic mass is 10.1. The zero-order valence-electron chi connectivity index (χ0n) is 16.1. The average Bonchev–Trinajstić information content (AvgIpc) is 3.58. The summed E-state index contributed by atoms with van der Waals surface area (Å²) in [6.07, 6.45) is 2.07. The molecule has 0 bridgehead atoms. The molecule has 1 fully saturated rings. The first-order valence-corrected chi connectivity index (χ1v) is 10.7. The van der Waals surface area contributed by atoms with Crippen molar-refractivity contribution < 1.29 is 13.9 Å². The van der Waals surface area contributed by atoms with Crippen LogP contribution in [-0.2, 0) is 0 Å². The summed E-state index contributed by atoms with van der Waals surface area (Å²) in [7, 11) is 0. The van der Waals surface area contributed by atoms with E-state index in [2.05, 4.69) is 15.5 Å². The molecular weight excluding hydrogens is 464 g/mol. The Morgan fingerprint density at radius 1 is 1.19 bits per heavy atom. The first-order chi connectivity index (χ1) is 14.9. The van der Waals surface area contributed by atoms with E-state index in [-0.39, 0.29) is 33.6 Å². The van der Waals surface area contributed by atoms with Crippen LogP contribution < -0.4 is 10.1 Å². The third-order valence-electron chi connectivity index (χ3n) is 4.88. The lowest BCUT2D eigenvalue weighted by Crippen LogP contribution is -2.28. The molecule has 1 unspecified atom stereocenters. The van der Waals surface area contributed by atoms with Crippen LogP contribution in [0, 0.1) is 0 Å². The van der Waals surface area contributed by atoms with Crippen molar-refractivity contribution in [3.8, 4) is 11.5 Å². The zero-order chi connectivity index (χ0) is 22.0. The minimum atomic E-state index is -1.54. The number of ether oxygens (including phenoxy) is 1. The normalized spacial score (nSPS) is 14.2. The third kappa shape index (κ3) is 5.26. The van der Waals surface area contributed by atoms with E-state index < -0.39 is 12.1 Å². The van der Waals surface area contributed by atoms with Gasteiger partial charge in [0.2, 0.25) is 0 Å². The topological polar surface area (TPSA) is 64.1 Å². The molecule has 1 saturated carbocycles. The molecule has 3 aromatic rings. The Hall–Kier alpha value is -2.41. The summed E-state index contributed by atoms with van der Waals surface area (Å²) in [4.78, 5) is 12.8. The van der Waals surface area contributed by atoms with Gasteiger partial charge in [-0.1, -0.05) is 53.0 Å². The molecule has 0 spiro atoms. The number of benzene rings is 2. The molecule has 0 saturated heterocycles. The van der Waals surface area contributed by atoms with Gasteiger partial charge in [0.1, 0.15) is 17.5 Å². The summed E-state index contributed by atoms with van der Waals surface area (Å²) in [5.41, 5.74) is 1.37. The summed E-state index contributed by atoms with van der Waals surface area (Å²) < 4.78 is 20.5. The maximum absolute atomic E-state index is 14.6. The standard InChI is InChI=1S/C22H17Cl3FN3O2/c23-14-6-7-16(17(24)9-14)18(26)10-27-22(30)20-19(11-28-29-21(20)25)31-15-3-1-2-13(8-15)12-4-5-12/h1-3,6-9,11-12,18H,4-5,10H2,(H,27,30). The van der Waals surface area contributed by atoms with Gasteiger partial charge in [-0.25, -0.2) is 4.39 Å². The van der Waals surface area contributed by atoms with Crippen LogP contribution in [0.5, 0.6) is 11.5 Å². The van der Waals surface area contributed by atoms with E-state index in [0.29, 0.717) is 16.7 Å². The first-order valence-electron chi connectivity index (χ1n) is 9.58. The lowest BCUT2D eigenvalue weighted by Gasteiger charge is -2.14. The molecular formula is C22H17Cl3FN3O2. The highest BCUT2D eigenvalue weighted by Gasteiger charge is 2.25. The number of carbonyl (C=O) groups is 1. The second kappa shape index (κ2) is 9.39. The van der Waals surface area contributed by atoms with Gasteiger partial charge in [0.05, 0.1) is 12.7 Å². The Bertz CT molecular complexity index is 1120. The fourth-order valence-corrected chi connectivity index (χ4v) is 3.89. The van der Waals surface area contributed by atoms with Crippen molar-refractivity contribution in [3.05, 3.63) is 80.6 Å². The second-order valence-electron chi connectivity index (χ2n) is 7.17. The number of aromatic nitrogens is 2. The van der Waals surface area contributed by atoms with Gasteiger partial charge < -0.3 is 10.1 Å². The lowest BCUT2D eigenvalue weighted by molar-refractivity contribution is 0.0939. The molecule has 31 heavy (non-hydrogen) atoms. The molecule has 0 radical (unpaired) electrons. The number of nitrogens with one attached hydrogen (secondary N) is 1. The summed E-state index contributed by atoms with van der Waals surface area (Å²) in [6, 6.07) is 12.1. The van der Waals surface area contributed by atoms with E-state index in [9.17, 15) is 9.18 Å². The number of hydrogen-bond donors (Lipinski definition) is 1. The van der Waals surface area contributed by atoms with Crippen LogP contribution in [0.3, 0.4) is 0 Å². The Morgan fingerprint density at radius 3 is 2.74 bits per heavy atom. The molecule has 2 aromatic carbocycles. The highest BCUT2D eigenvalue weighted by atomic mass is 35.5. The first kappa shape index (κ1) is 21.8. The predicted octanol–water partition coefficient (Wildman–Crippen LogP) is 6.55. The summed E-state index contributed by atoms with van der Waals surface area (Å²) in [5, 5.41) is 10.4. The maximum atomic E-state index is 14.6. The van der Waals surface area contributed by atoms with Crippen LogP contribution in [0.2, 0.25) is 15.2 Å². The second-order valence-corrected chi connectivity index (χ2v) is 8.37. The van der Waals surface area contributed by atoms with Gasteiger partial charge in [-0.3, -0.25) is 4.79 Å². The highest BCUT2D eigenvalue weighted by Crippen LogP contribution is 2.41. The molecule has 1 aromatic heterocycles. The summed E-state index contributed by atoms with van der Waals surface area (Å²) >= 11 is 18.0. The number of amides is 1. The molecule has 1 amide bonds. The van der Waals surface area contributed by atoms with Gasteiger partial charge in [0.25, 0.3) is 5.91 Å². The van der Waals surface area contributed by atoms with Gasteiger partial charge in [0, 0.05) is 15.6 Å². The SMILES string of the molecule is O=C(NCC(F)c1ccc(Cl)cc1Cl)c1c(Oc2cccc(C3CC3)c2)cnnc1Cl. The molecule has 1 heterocycles. The van der Waals surface area contributed by atoms with Crippen molar-refractivity contribution >= 4 is 40.7 Å². The Balaban J connectivity index is 1.49. The molecule has 160 valence electrons. The Morgan fingerprint density at radius 2 is 2.00 bits per heavy atom. The van der Waals surface area contributed by atoms with Gasteiger partial charge in [-0.2, -0.15) is 5.10 Å². The van der Waals surface area contributed by atoms with E-state index in [4.69, 9.17) is 39.5 Å².